The van der Waals surface area contributed by atoms with Crippen LogP contribution in [0.5, 0.6) is 0 Å². The van der Waals surface area contributed by atoms with Crippen molar-refractivity contribution in [2.24, 2.45) is 11.8 Å². The maximum Gasteiger partial charge on any atom is 0.407 e. The van der Waals surface area contributed by atoms with Gasteiger partial charge in [0.1, 0.15) is 35.0 Å². The molecule has 7 heterocycles. The minimum atomic E-state index is -0.848. The first-order chi connectivity index (χ1) is 34.7. The average molecular weight is 992 g/mol. The third-order valence-corrected chi connectivity index (χ3v) is 14.6. The van der Waals surface area contributed by atoms with Gasteiger partial charge in [-0.3, -0.25) is 9.59 Å². The Hall–Kier alpha value is -6.99. The summed E-state index contributed by atoms with van der Waals surface area (Å²) in [5, 5.41) is 2.65. The molecule has 20 heteroatoms. The largest absolute Gasteiger partial charge is 0.453 e. The van der Waals surface area contributed by atoms with Crippen LogP contribution in [-0.2, 0) is 14.3 Å². The smallest absolute Gasteiger partial charge is 0.407 e. The van der Waals surface area contributed by atoms with E-state index in [9.17, 15) is 14.4 Å². The molecule has 10 rings (SSSR count). The molecule has 0 aliphatic carbocycles. The Morgan fingerprint density at radius 2 is 1.21 bits per heavy atom. The SMILES string of the molecule is COC(=O)N[C@H](C(=O)N1CCC[C@H]1c1nc2cc([C@H]3CC[C@H](c4cc5nc([C@@H]6CCCN6C(=O)[CH]C(C)C)[nH]c5cc4F)N3c3cc(F)c(N4CCN(c5ncccn5)CC4)c(F)c3)c(F)cc2[nH]1)C(C)C. The van der Waals surface area contributed by atoms with Crippen molar-refractivity contribution in [3.05, 3.63) is 107 Å². The van der Waals surface area contributed by atoms with E-state index in [1.807, 2.05) is 32.6 Å². The molecule has 0 saturated carbocycles. The van der Waals surface area contributed by atoms with E-state index in [-0.39, 0.29) is 65.0 Å². The molecule has 0 bridgehead atoms. The van der Waals surface area contributed by atoms with Crippen molar-refractivity contribution in [3.8, 4) is 0 Å². The summed E-state index contributed by atoms with van der Waals surface area (Å²) < 4.78 is 71.9. The van der Waals surface area contributed by atoms with Gasteiger partial charge in [0.05, 0.1) is 59.8 Å². The highest BCUT2D eigenvalue weighted by Crippen LogP contribution is 2.50. The lowest BCUT2D eigenvalue weighted by atomic mass is 10.0. The Bertz CT molecular complexity index is 2970. The van der Waals surface area contributed by atoms with Gasteiger partial charge in [-0.15, -0.1) is 0 Å². The van der Waals surface area contributed by atoms with Crippen molar-refractivity contribution < 1.29 is 36.7 Å². The number of halogens is 4. The molecule has 4 fully saturated rings. The van der Waals surface area contributed by atoms with E-state index >= 15 is 17.6 Å². The maximum atomic E-state index is 16.9. The van der Waals surface area contributed by atoms with Crippen molar-refractivity contribution in [2.75, 3.05) is 61.1 Å². The van der Waals surface area contributed by atoms with E-state index in [4.69, 9.17) is 14.7 Å². The maximum absolute atomic E-state index is 16.9. The number of carbonyl (C=O) groups excluding carboxylic acids is 3. The third kappa shape index (κ3) is 9.23. The van der Waals surface area contributed by atoms with Crippen LogP contribution in [0.4, 0.5) is 39.7 Å². The van der Waals surface area contributed by atoms with E-state index in [0.717, 1.165) is 6.42 Å². The minimum Gasteiger partial charge on any atom is -0.453 e. The molecular formula is C52H59F4N12O4. The molecule has 1 radical (unpaired) electrons. The van der Waals surface area contributed by atoms with Crippen LogP contribution in [0.25, 0.3) is 22.1 Å². The van der Waals surface area contributed by atoms with Gasteiger partial charge in [0.25, 0.3) is 0 Å². The second-order valence-corrected chi connectivity index (χ2v) is 20.0. The van der Waals surface area contributed by atoms with Crippen LogP contribution in [0.2, 0.25) is 0 Å². The lowest BCUT2D eigenvalue weighted by molar-refractivity contribution is -0.135. The molecule has 0 unspecified atom stereocenters. The van der Waals surface area contributed by atoms with Crippen molar-refractivity contribution in [2.45, 2.75) is 96.4 Å². The zero-order valence-corrected chi connectivity index (χ0v) is 41.0. The van der Waals surface area contributed by atoms with Gasteiger partial charge in [0.15, 0.2) is 11.6 Å². The molecule has 379 valence electrons. The van der Waals surface area contributed by atoms with E-state index in [2.05, 4.69) is 25.3 Å². The van der Waals surface area contributed by atoms with Crippen LogP contribution < -0.4 is 20.0 Å². The number of H-pyrrole nitrogens is 2. The lowest BCUT2D eigenvalue weighted by Crippen LogP contribution is -2.51. The Kier molecular flexibility index (Phi) is 13.4. The quantitative estimate of drug-likeness (QED) is 0.100. The number of methoxy groups -OCH3 is 1. The molecule has 3 aromatic heterocycles. The van der Waals surface area contributed by atoms with Gasteiger partial charge in [-0.25, -0.2) is 42.3 Å². The van der Waals surface area contributed by atoms with E-state index in [1.54, 1.807) is 56.6 Å². The number of benzene rings is 3. The molecule has 4 saturated heterocycles. The highest BCUT2D eigenvalue weighted by atomic mass is 19.1. The zero-order valence-electron chi connectivity index (χ0n) is 41.0. The van der Waals surface area contributed by atoms with Crippen molar-refractivity contribution >= 4 is 57.3 Å². The van der Waals surface area contributed by atoms with Crippen molar-refractivity contribution in [1.82, 2.24) is 45.0 Å². The molecule has 16 nitrogen and oxygen atoms in total. The van der Waals surface area contributed by atoms with E-state index in [1.165, 1.54) is 31.4 Å². The first-order valence-corrected chi connectivity index (χ1v) is 24.9. The zero-order chi connectivity index (χ0) is 50.5. The van der Waals surface area contributed by atoms with Crippen molar-refractivity contribution in [1.29, 1.82) is 0 Å². The fourth-order valence-corrected chi connectivity index (χ4v) is 11.2. The molecule has 0 spiro atoms. The molecule has 72 heavy (non-hydrogen) atoms. The standard InChI is InChI=1S/C52H59F4N12O4/c1-28(2)21-45(69)66-15-6-9-43(66)48-59-37-24-31(33(53)26-39(37)61-48)41-11-12-42(68(41)30-22-35(55)47(36(56)23-30)64-17-19-65(20-18-64)51-57-13-8-14-58-51)32-25-38-40(27-34(32)54)62-49(60-38)44-10-7-16-67(44)50(70)46(29(3)4)63-52(71)72-5/h8,13-14,21-29,41-44,46H,6-7,9-12,15-20H2,1-5H3,(H,59,61)(H,60,62)(H,63,71)/t41-,42-,43+,44+,46+/m1/s1. The van der Waals surface area contributed by atoms with Gasteiger partial charge in [-0.05, 0) is 92.8 Å². The highest BCUT2D eigenvalue weighted by molar-refractivity contribution is 5.87. The summed E-state index contributed by atoms with van der Waals surface area (Å²) in [6.45, 7) is 10.00. The number of nitrogens with one attached hydrogen (secondary N) is 3. The second-order valence-electron chi connectivity index (χ2n) is 20.0. The minimum absolute atomic E-state index is 0.0581. The number of nitrogens with zero attached hydrogens (tertiary/aromatic N) is 9. The first kappa shape index (κ1) is 48.6. The number of likely N-dealkylation sites (tertiary alicyclic amines) is 2. The van der Waals surface area contributed by atoms with Crippen LogP contribution >= 0.6 is 0 Å². The number of ether oxygens (including phenoxy) is 1. The van der Waals surface area contributed by atoms with E-state index < -0.39 is 53.5 Å². The second kappa shape index (κ2) is 19.9. The monoisotopic (exact) mass is 991 g/mol. The lowest BCUT2D eigenvalue weighted by Gasteiger charge is -2.37. The average Bonchev–Trinajstić information content (AvgIpc) is 4.22. The summed E-state index contributed by atoms with van der Waals surface area (Å²) in [5.41, 5.74) is 2.01. The van der Waals surface area contributed by atoms with E-state index in [0.29, 0.717) is 98.2 Å². The fourth-order valence-electron chi connectivity index (χ4n) is 11.2. The van der Waals surface area contributed by atoms with Crippen LogP contribution in [0, 0.1) is 41.5 Å². The molecule has 3 amide bonds. The molecule has 3 N–H and O–H groups in total. The summed E-state index contributed by atoms with van der Waals surface area (Å²) in [7, 11) is 1.23. The normalized spacial score (nSPS) is 21.0. The molecule has 5 atom stereocenters. The first-order valence-electron chi connectivity index (χ1n) is 24.9. The number of carbonyl (C=O) groups is 3. The highest BCUT2D eigenvalue weighted by Gasteiger charge is 2.42. The Morgan fingerprint density at radius 3 is 1.74 bits per heavy atom. The molecule has 4 aliphatic heterocycles. The summed E-state index contributed by atoms with van der Waals surface area (Å²) in [6, 6.07) is 6.85. The predicted octanol–water partition coefficient (Wildman–Crippen LogP) is 8.76. The molecule has 4 aliphatic rings. The fraction of sp³-hybridized carbons (Fsp3) is 0.462. The number of anilines is 3. The summed E-state index contributed by atoms with van der Waals surface area (Å²) in [4.78, 5) is 73.0. The number of fused-ring (bicyclic) bond motifs is 2. The summed E-state index contributed by atoms with van der Waals surface area (Å²) in [6.07, 6.45) is 7.54. The number of piperazine rings is 1. The Balaban J connectivity index is 0.999. The predicted molar refractivity (Wildman–Crippen MR) is 263 cm³/mol. The number of alkyl carbamates (subject to hydrolysis) is 1. The molecule has 3 aromatic carbocycles. The van der Waals surface area contributed by atoms with Gasteiger partial charge >= 0.3 is 6.09 Å². The van der Waals surface area contributed by atoms with Crippen LogP contribution in [0.1, 0.15) is 113 Å². The van der Waals surface area contributed by atoms with Crippen molar-refractivity contribution in [3.63, 3.8) is 0 Å². The number of imidazole rings is 2. The number of hydrogen-bond donors (Lipinski definition) is 3. The number of hydrogen-bond acceptors (Lipinski definition) is 11. The summed E-state index contributed by atoms with van der Waals surface area (Å²) >= 11 is 0. The number of aromatic nitrogens is 6. The van der Waals surface area contributed by atoms with Gasteiger partial charge in [0.2, 0.25) is 17.8 Å². The molecular weight excluding hydrogens is 933 g/mol. The summed E-state index contributed by atoms with van der Waals surface area (Å²) in [5.74, 6) is -1.86. The number of aromatic amines is 2. The van der Waals surface area contributed by atoms with Gasteiger partial charge in [-0.1, -0.05) is 27.7 Å². The van der Waals surface area contributed by atoms with Crippen LogP contribution in [0.15, 0.2) is 54.9 Å². The Morgan fingerprint density at radius 1 is 0.681 bits per heavy atom. The third-order valence-electron chi connectivity index (χ3n) is 14.6. The number of amides is 3. The van der Waals surface area contributed by atoms with Crippen LogP contribution in [-0.4, -0.2) is 110 Å². The van der Waals surface area contributed by atoms with Gasteiger partial charge < -0.3 is 44.5 Å². The van der Waals surface area contributed by atoms with Crippen LogP contribution in [0.3, 0.4) is 0 Å². The van der Waals surface area contributed by atoms with Gasteiger partial charge in [0, 0.05) is 68.5 Å². The Labute approximate surface area is 414 Å². The number of rotatable bonds is 12. The van der Waals surface area contributed by atoms with Gasteiger partial charge in [-0.2, -0.15) is 0 Å². The topological polar surface area (TPSA) is 172 Å². The molecule has 6 aromatic rings.